The van der Waals surface area contributed by atoms with Gasteiger partial charge in [0.1, 0.15) is 17.3 Å². The number of para-hydroxylation sites is 1. The zero-order valence-corrected chi connectivity index (χ0v) is 20.5. The normalized spacial score (nSPS) is 15.2. The van der Waals surface area contributed by atoms with Crippen molar-refractivity contribution in [3.05, 3.63) is 117 Å². The highest BCUT2D eigenvalue weighted by Gasteiger charge is 2.32. The Morgan fingerprint density at radius 2 is 1.69 bits per heavy atom. The van der Waals surface area contributed by atoms with E-state index in [4.69, 9.17) is 4.42 Å². The highest BCUT2D eigenvalue weighted by atomic mass is 19.1. The molecule has 1 saturated heterocycles. The standard InChI is InChI=1S/C29H30FN3O3/c1-20-9-11-22(12-10-20)28(32-15-13-31(14-16-32)25-8-4-3-7-24(25)30)27-26(34)18-21(2)33(29(27)35)19-23-6-5-17-36-23/h3-12,17-18,28,34H,13-16,19H2,1-2H3/t28-/m1/s1. The average Bonchev–Trinajstić information content (AvgIpc) is 3.39. The SMILES string of the molecule is Cc1ccc([C@H](c2c(O)cc(C)n(Cc3ccco3)c2=O)N2CCN(c3ccccc3F)CC2)cc1. The Bertz CT molecular complexity index is 1390. The van der Waals surface area contributed by atoms with Crippen LogP contribution in [0.4, 0.5) is 10.1 Å². The molecule has 0 radical (unpaired) electrons. The summed E-state index contributed by atoms with van der Waals surface area (Å²) in [6.07, 6.45) is 1.58. The lowest BCUT2D eigenvalue weighted by Crippen LogP contribution is -2.49. The number of anilines is 1. The highest BCUT2D eigenvalue weighted by Crippen LogP contribution is 2.34. The second kappa shape index (κ2) is 10.0. The molecule has 1 fully saturated rings. The van der Waals surface area contributed by atoms with E-state index < -0.39 is 6.04 Å². The van der Waals surface area contributed by atoms with Gasteiger partial charge >= 0.3 is 0 Å². The maximum Gasteiger partial charge on any atom is 0.260 e. The fraction of sp³-hybridized carbons (Fsp3) is 0.276. The number of furan rings is 1. The summed E-state index contributed by atoms with van der Waals surface area (Å²) in [4.78, 5) is 18.1. The molecule has 1 N–H and O–H groups in total. The van der Waals surface area contributed by atoms with Crippen LogP contribution in [0.25, 0.3) is 0 Å². The van der Waals surface area contributed by atoms with Crippen LogP contribution in [0.5, 0.6) is 5.75 Å². The van der Waals surface area contributed by atoms with Gasteiger partial charge in [0.15, 0.2) is 0 Å². The maximum absolute atomic E-state index is 14.4. The van der Waals surface area contributed by atoms with Gasteiger partial charge in [0, 0.05) is 31.9 Å². The monoisotopic (exact) mass is 487 g/mol. The molecule has 0 bridgehead atoms. The number of hydrogen-bond donors (Lipinski definition) is 1. The van der Waals surface area contributed by atoms with Gasteiger partial charge in [-0.15, -0.1) is 0 Å². The minimum atomic E-state index is -0.440. The van der Waals surface area contributed by atoms with Gasteiger partial charge in [-0.1, -0.05) is 42.0 Å². The van der Waals surface area contributed by atoms with Crippen LogP contribution < -0.4 is 10.5 Å². The number of rotatable bonds is 6. The Morgan fingerprint density at radius 1 is 0.972 bits per heavy atom. The van der Waals surface area contributed by atoms with Crippen molar-refractivity contribution >= 4 is 5.69 Å². The number of hydrogen-bond acceptors (Lipinski definition) is 5. The summed E-state index contributed by atoms with van der Waals surface area (Å²) in [6.45, 7) is 6.54. The van der Waals surface area contributed by atoms with Gasteiger partial charge in [-0.2, -0.15) is 0 Å². The number of halogens is 1. The topological polar surface area (TPSA) is 61.9 Å². The number of nitrogens with zero attached hydrogens (tertiary/aromatic N) is 3. The van der Waals surface area contributed by atoms with Crippen molar-refractivity contribution in [1.29, 1.82) is 0 Å². The molecular weight excluding hydrogens is 457 g/mol. The zero-order valence-electron chi connectivity index (χ0n) is 20.5. The number of benzene rings is 2. The smallest absolute Gasteiger partial charge is 0.260 e. The summed E-state index contributed by atoms with van der Waals surface area (Å²) >= 11 is 0. The molecule has 0 saturated carbocycles. The van der Waals surface area contributed by atoms with Crippen LogP contribution in [0.2, 0.25) is 0 Å². The first-order valence-electron chi connectivity index (χ1n) is 12.2. The summed E-state index contributed by atoms with van der Waals surface area (Å²) in [5.74, 6) is 0.413. The van der Waals surface area contributed by atoms with E-state index in [1.54, 1.807) is 35.1 Å². The summed E-state index contributed by atoms with van der Waals surface area (Å²) in [5.41, 5.74) is 3.39. The van der Waals surface area contributed by atoms with Gasteiger partial charge in [0.25, 0.3) is 5.56 Å². The molecule has 1 atom stereocenters. The largest absolute Gasteiger partial charge is 0.507 e. The predicted molar refractivity (Wildman–Crippen MR) is 138 cm³/mol. The van der Waals surface area contributed by atoms with E-state index in [-0.39, 0.29) is 23.7 Å². The lowest BCUT2D eigenvalue weighted by atomic mass is 9.95. The number of pyridine rings is 1. The Kier molecular flexibility index (Phi) is 6.65. The second-order valence-electron chi connectivity index (χ2n) is 9.34. The summed E-state index contributed by atoms with van der Waals surface area (Å²) in [5, 5.41) is 11.1. The first-order chi connectivity index (χ1) is 17.4. The Balaban J connectivity index is 1.53. The number of aryl methyl sites for hydroxylation is 2. The van der Waals surface area contributed by atoms with Gasteiger partial charge < -0.3 is 19.0 Å². The van der Waals surface area contributed by atoms with Crippen molar-refractivity contribution in [2.45, 2.75) is 26.4 Å². The third-order valence-corrected chi connectivity index (χ3v) is 6.96. The molecule has 2 aromatic heterocycles. The molecule has 3 heterocycles. The van der Waals surface area contributed by atoms with E-state index in [1.807, 2.05) is 55.1 Å². The van der Waals surface area contributed by atoms with Crippen molar-refractivity contribution < 1.29 is 13.9 Å². The second-order valence-corrected chi connectivity index (χ2v) is 9.34. The molecule has 0 unspecified atom stereocenters. The van der Waals surface area contributed by atoms with Gasteiger partial charge in [-0.25, -0.2) is 4.39 Å². The first-order valence-corrected chi connectivity index (χ1v) is 12.2. The molecule has 36 heavy (non-hydrogen) atoms. The number of piperazine rings is 1. The fourth-order valence-electron chi connectivity index (χ4n) is 5.02. The van der Waals surface area contributed by atoms with E-state index in [2.05, 4.69) is 4.90 Å². The van der Waals surface area contributed by atoms with Gasteiger partial charge in [0.05, 0.1) is 30.1 Å². The minimum Gasteiger partial charge on any atom is -0.507 e. The summed E-state index contributed by atoms with van der Waals surface area (Å²) < 4.78 is 21.5. The lowest BCUT2D eigenvalue weighted by molar-refractivity contribution is 0.207. The van der Waals surface area contributed by atoms with Crippen LogP contribution in [-0.2, 0) is 6.54 Å². The molecular formula is C29H30FN3O3. The van der Waals surface area contributed by atoms with Crippen LogP contribution in [0.3, 0.4) is 0 Å². The van der Waals surface area contributed by atoms with E-state index in [1.165, 1.54) is 6.07 Å². The lowest BCUT2D eigenvalue weighted by Gasteiger charge is -2.40. The highest BCUT2D eigenvalue weighted by molar-refractivity contribution is 5.48. The fourth-order valence-corrected chi connectivity index (χ4v) is 5.02. The van der Waals surface area contributed by atoms with E-state index in [0.29, 0.717) is 48.9 Å². The Morgan fingerprint density at radius 3 is 2.36 bits per heavy atom. The maximum atomic E-state index is 14.4. The molecule has 2 aromatic carbocycles. The van der Waals surface area contributed by atoms with Crippen LogP contribution in [-0.4, -0.2) is 40.8 Å². The molecule has 186 valence electrons. The van der Waals surface area contributed by atoms with Crippen molar-refractivity contribution in [1.82, 2.24) is 9.47 Å². The average molecular weight is 488 g/mol. The third-order valence-electron chi connectivity index (χ3n) is 6.96. The molecule has 0 amide bonds. The number of aromatic hydroxyl groups is 1. The zero-order chi connectivity index (χ0) is 25.2. The molecule has 1 aliphatic rings. The van der Waals surface area contributed by atoms with Gasteiger partial charge in [-0.3, -0.25) is 9.69 Å². The Hall–Kier alpha value is -3.84. The van der Waals surface area contributed by atoms with E-state index >= 15 is 0 Å². The van der Waals surface area contributed by atoms with Crippen LogP contribution >= 0.6 is 0 Å². The van der Waals surface area contributed by atoms with Crippen molar-refractivity contribution in [2.75, 3.05) is 31.1 Å². The third kappa shape index (κ3) is 4.66. The molecule has 6 nitrogen and oxygen atoms in total. The van der Waals surface area contributed by atoms with E-state index in [0.717, 1.165) is 11.1 Å². The van der Waals surface area contributed by atoms with Crippen LogP contribution in [0, 0.1) is 19.7 Å². The summed E-state index contributed by atoms with van der Waals surface area (Å²) in [7, 11) is 0. The first kappa shape index (κ1) is 23.9. The molecule has 7 heteroatoms. The van der Waals surface area contributed by atoms with Crippen LogP contribution in [0.1, 0.15) is 34.2 Å². The quantitative estimate of drug-likeness (QED) is 0.421. The molecule has 1 aliphatic heterocycles. The number of aromatic nitrogens is 1. The predicted octanol–water partition coefficient (Wildman–Crippen LogP) is 4.86. The van der Waals surface area contributed by atoms with Crippen molar-refractivity contribution in [3.63, 3.8) is 0 Å². The van der Waals surface area contributed by atoms with Gasteiger partial charge in [-0.05, 0) is 49.7 Å². The molecule has 0 spiro atoms. The Labute approximate surface area is 209 Å². The molecule has 0 aliphatic carbocycles. The van der Waals surface area contributed by atoms with E-state index in [9.17, 15) is 14.3 Å². The minimum absolute atomic E-state index is 0.0182. The van der Waals surface area contributed by atoms with Gasteiger partial charge in [0.2, 0.25) is 0 Å². The summed E-state index contributed by atoms with van der Waals surface area (Å²) in [6, 6.07) is 19.7. The van der Waals surface area contributed by atoms with Crippen molar-refractivity contribution in [3.8, 4) is 5.75 Å². The van der Waals surface area contributed by atoms with Crippen LogP contribution in [0.15, 0.2) is 82.2 Å². The molecule has 5 rings (SSSR count). The molecule has 4 aromatic rings. The van der Waals surface area contributed by atoms with Crippen molar-refractivity contribution in [2.24, 2.45) is 0 Å².